The number of carbonyl (C=O) groups excluding carboxylic acids is 1. The van der Waals surface area contributed by atoms with E-state index in [1.54, 1.807) is 7.11 Å². The van der Waals surface area contributed by atoms with E-state index >= 15 is 0 Å². The van der Waals surface area contributed by atoms with Gasteiger partial charge in [-0.25, -0.2) is 0 Å². The van der Waals surface area contributed by atoms with Crippen molar-refractivity contribution in [1.29, 1.82) is 0 Å². The fraction of sp³-hybridized carbons (Fsp3) is 0.955. The molecule has 0 spiro atoms. The molecule has 3 nitrogen and oxygen atoms in total. The fourth-order valence-corrected chi connectivity index (χ4v) is 7.99. The van der Waals surface area contributed by atoms with Crippen molar-refractivity contribution in [3.8, 4) is 0 Å². The summed E-state index contributed by atoms with van der Waals surface area (Å²) in [5, 5.41) is 11.3. The van der Waals surface area contributed by atoms with Crippen LogP contribution in [0.5, 0.6) is 0 Å². The zero-order chi connectivity index (χ0) is 18.0. The fourth-order valence-electron chi connectivity index (χ4n) is 7.99. The Morgan fingerprint density at radius 2 is 1.84 bits per heavy atom. The Hall–Kier alpha value is -0.410. The number of fused-ring (bicyclic) bond motifs is 5. The first-order valence-corrected chi connectivity index (χ1v) is 10.5. The third-order valence-corrected chi connectivity index (χ3v) is 9.51. The van der Waals surface area contributed by atoms with E-state index in [9.17, 15) is 9.90 Å². The molecule has 1 N–H and O–H groups in total. The number of ketones is 1. The van der Waals surface area contributed by atoms with Gasteiger partial charge in [-0.05, 0) is 74.0 Å². The van der Waals surface area contributed by atoms with Gasteiger partial charge in [-0.2, -0.15) is 0 Å². The molecule has 4 aliphatic carbocycles. The van der Waals surface area contributed by atoms with Gasteiger partial charge in [-0.1, -0.05) is 20.8 Å². The molecule has 0 bridgehead atoms. The van der Waals surface area contributed by atoms with E-state index < -0.39 is 5.60 Å². The van der Waals surface area contributed by atoms with Crippen LogP contribution in [0.3, 0.4) is 0 Å². The predicted molar refractivity (Wildman–Crippen MR) is 98.1 cm³/mol. The predicted octanol–water partition coefficient (Wildman–Crippen LogP) is 4.22. The molecule has 0 radical (unpaired) electrons. The molecular weight excluding hydrogens is 312 g/mol. The van der Waals surface area contributed by atoms with Crippen LogP contribution in [0.2, 0.25) is 0 Å². The van der Waals surface area contributed by atoms with E-state index in [4.69, 9.17) is 4.74 Å². The molecule has 0 heterocycles. The molecule has 0 aromatic rings. The molecule has 0 unspecified atom stereocenters. The van der Waals surface area contributed by atoms with Crippen molar-refractivity contribution in [2.24, 2.45) is 40.4 Å². The molecule has 0 aliphatic heterocycles. The Bertz CT molecular complexity index is 559. The Morgan fingerprint density at radius 3 is 2.56 bits per heavy atom. The van der Waals surface area contributed by atoms with Crippen molar-refractivity contribution in [2.45, 2.75) is 77.7 Å². The summed E-state index contributed by atoms with van der Waals surface area (Å²) in [6.45, 7) is 7.45. The lowest BCUT2D eigenvalue weighted by Gasteiger charge is -2.61. The zero-order valence-electron chi connectivity index (χ0n) is 16.5. The molecule has 25 heavy (non-hydrogen) atoms. The maximum atomic E-state index is 12.3. The molecule has 0 amide bonds. The molecule has 4 aliphatic rings. The van der Waals surface area contributed by atoms with Gasteiger partial charge in [0, 0.05) is 24.9 Å². The van der Waals surface area contributed by atoms with Crippen LogP contribution >= 0.6 is 0 Å². The minimum Gasteiger partial charge on any atom is -0.387 e. The van der Waals surface area contributed by atoms with Gasteiger partial charge in [-0.3, -0.25) is 4.79 Å². The van der Waals surface area contributed by atoms with Crippen molar-refractivity contribution >= 4 is 5.78 Å². The van der Waals surface area contributed by atoms with Crippen LogP contribution in [-0.4, -0.2) is 30.2 Å². The van der Waals surface area contributed by atoms with Crippen molar-refractivity contribution in [1.82, 2.24) is 0 Å². The van der Waals surface area contributed by atoms with E-state index in [1.807, 2.05) is 0 Å². The van der Waals surface area contributed by atoms with Crippen molar-refractivity contribution < 1.29 is 14.6 Å². The number of rotatable bonds is 2. The third-order valence-electron chi connectivity index (χ3n) is 9.51. The van der Waals surface area contributed by atoms with Crippen LogP contribution in [0.4, 0.5) is 0 Å². The average molecular weight is 349 g/mol. The average Bonchev–Trinajstić information content (AvgIpc) is 2.81. The van der Waals surface area contributed by atoms with Gasteiger partial charge in [0.1, 0.15) is 5.78 Å². The number of methoxy groups -OCH3 is 1. The summed E-state index contributed by atoms with van der Waals surface area (Å²) < 4.78 is 5.42. The van der Waals surface area contributed by atoms with E-state index in [-0.39, 0.29) is 11.3 Å². The SMILES string of the molecule is COC[C@]1(O)CC[C@@H]2[C@H]3CC[C@H]4CC(=O)[C@H](C)C[C@]4(C)[C@H]3CC[C@@]21C. The van der Waals surface area contributed by atoms with Gasteiger partial charge in [0.25, 0.3) is 0 Å². The number of ether oxygens (including phenoxy) is 1. The van der Waals surface area contributed by atoms with E-state index in [0.717, 1.165) is 43.9 Å². The second kappa shape index (κ2) is 5.79. The van der Waals surface area contributed by atoms with Crippen LogP contribution in [-0.2, 0) is 9.53 Å². The summed E-state index contributed by atoms with van der Waals surface area (Å²) in [5.74, 6) is 3.42. The molecule has 4 rings (SSSR count). The monoisotopic (exact) mass is 348 g/mol. The minimum absolute atomic E-state index is 0.00345. The Balaban J connectivity index is 1.63. The molecule has 0 saturated heterocycles. The quantitative estimate of drug-likeness (QED) is 0.812. The second-order valence-electron chi connectivity index (χ2n) is 10.4. The molecule has 0 aromatic heterocycles. The van der Waals surface area contributed by atoms with Crippen molar-refractivity contribution in [3.63, 3.8) is 0 Å². The maximum absolute atomic E-state index is 12.3. The lowest BCUT2D eigenvalue weighted by Crippen LogP contribution is -2.58. The van der Waals surface area contributed by atoms with E-state index in [2.05, 4.69) is 20.8 Å². The van der Waals surface area contributed by atoms with Gasteiger partial charge >= 0.3 is 0 Å². The molecular formula is C22H36O3. The first kappa shape index (κ1) is 18.0. The number of aliphatic hydroxyl groups is 1. The summed E-state index contributed by atoms with van der Waals surface area (Å²) >= 11 is 0. The van der Waals surface area contributed by atoms with Crippen LogP contribution in [0.25, 0.3) is 0 Å². The largest absolute Gasteiger partial charge is 0.387 e. The number of hydrogen-bond acceptors (Lipinski definition) is 3. The highest BCUT2D eigenvalue weighted by Gasteiger charge is 2.64. The van der Waals surface area contributed by atoms with Crippen molar-refractivity contribution in [3.05, 3.63) is 0 Å². The molecule has 3 heteroatoms. The highest BCUT2D eigenvalue weighted by molar-refractivity contribution is 5.82. The molecule has 4 saturated carbocycles. The minimum atomic E-state index is -0.648. The van der Waals surface area contributed by atoms with Crippen LogP contribution < -0.4 is 0 Å². The van der Waals surface area contributed by atoms with E-state index in [1.165, 1.54) is 19.3 Å². The van der Waals surface area contributed by atoms with Crippen molar-refractivity contribution in [2.75, 3.05) is 13.7 Å². The number of carbonyl (C=O) groups is 1. The number of Topliss-reactive ketones (excluding diaryl/α,β-unsaturated/α-hetero) is 1. The van der Waals surface area contributed by atoms with Crippen LogP contribution in [0.1, 0.15) is 72.1 Å². The van der Waals surface area contributed by atoms with Gasteiger partial charge in [-0.15, -0.1) is 0 Å². The third kappa shape index (κ3) is 2.34. The Labute approximate surface area is 152 Å². The molecule has 142 valence electrons. The molecule has 4 fully saturated rings. The summed E-state index contributed by atoms with van der Waals surface area (Å²) in [7, 11) is 1.72. The second-order valence-corrected chi connectivity index (χ2v) is 10.4. The molecule has 0 aromatic carbocycles. The van der Waals surface area contributed by atoms with Gasteiger partial charge in [0.15, 0.2) is 0 Å². The molecule has 8 atom stereocenters. The standard InChI is InChI=1S/C22H36O3/c1-14-12-20(2)15(11-19(14)23)5-6-16-17(20)7-9-21(3)18(16)8-10-22(21,24)13-25-4/h14-18,24H,5-13H2,1-4H3/t14-,15+,16+,17+,18-,20+,21+,22-/m1/s1. The van der Waals surface area contributed by atoms with Gasteiger partial charge in [0.05, 0.1) is 12.2 Å². The zero-order valence-corrected chi connectivity index (χ0v) is 16.5. The first-order chi connectivity index (χ1) is 11.7. The first-order valence-electron chi connectivity index (χ1n) is 10.5. The highest BCUT2D eigenvalue weighted by atomic mass is 16.5. The van der Waals surface area contributed by atoms with Crippen LogP contribution in [0, 0.1) is 40.4 Å². The smallest absolute Gasteiger partial charge is 0.136 e. The topological polar surface area (TPSA) is 46.5 Å². The highest BCUT2D eigenvalue weighted by Crippen LogP contribution is 2.68. The Kier molecular flexibility index (Phi) is 4.16. The van der Waals surface area contributed by atoms with E-state index in [0.29, 0.717) is 29.6 Å². The van der Waals surface area contributed by atoms with Gasteiger partial charge < -0.3 is 9.84 Å². The maximum Gasteiger partial charge on any atom is 0.136 e. The summed E-state index contributed by atoms with van der Waals surface area (Å²) in [4.78, 5) is 12.3. The lowest BCUT2D eigenvalue weighted by molar-refractivity contribution is -0.172. The summed E-state index contributed by atoms with van der Waals surface area (Å²) in [6, 6.07) is 0. The lowest BCUT2D eigenvalue weighted by atomic mass is 9.44. The number of hydrogen-bond donors (Lipinski definition) is 1. The normalized spacial score (nSPS) is 55.4. The summed E-state index contributed by atoms with van der Waals surface area (Å²) in [6.07, 6.45) is 8.75. The Morgan fingerprint density at radius 1 is 1.12 bits per heavy atom. The van der Waals surface area contributed by atoms with Crippen LogP contribution in [0.15, 0.2) is 0 Å². The summed E-state index contributed by atoms with van der Waals surface area (Å²) in [5.41, 5.74) is -0.312. The van der Waals surface area contributed by atoms with Gasteiger partial charge in [0.2, 0.25) is 0 Å².